The van der Waals surface area contributed by atoms with Crippen molar-refractivity contribution in [1.29, 1.82) is 0 Å². The summed E-state index contributed by atoms with van der Waals surface area (Å²) in [5.41, 5.74) is 3.05. The summed E-state index contributed by atoms with van der Waals surface area (Å²) in [4.78, 5) is 29.0. The minimum atomic E-state index is -0.308. The highest BCUT2D eigenvalue weighted by molar-refractivity contribution is 5.93. The van der Waals surface area contributed by atoms with Crippen molar-refractivity contribution in [3.05, 3.63) is 29.3 Å². The van der Waals surface area contributed by atoms with E-state index in [2.05, 4.69) is 19.2 Å². The van der Waals surface area contributed by atoms with Crippen LogP contribution in [0.3, 0.4) is 0 Å². The van der Waals surface area contributed by atoms with Gasteiger partial charge in [0.15, 0.2) is 0 Å². The maximum Gasteiger partial charge on any atom is 0.239 e. The first kappa shape index (κ1) is 20.4. The Morgan fingerprint density at radius 2 is 1.85 bits per heavy atom. The number of rotatable bonds is 5. The van der Waals surface area contributed by atoms with Gasteiger partial charge in [0.1, 0.15) is 0 Å². The zero-order valence-corrected chi connectivity index (χ0v) is 17.0. The number of amides is 2. The van der Waals surface area contributed by atoms with Crippen LogP contribution in [-0.4, -0.2) is 54.3 Å². The Morgan fingerprint density at radius 3 is 2.46 bits per heavy atom. The lowest BCUT2D eigenvalue weighted by Crippen LogP contribution is -2.51. The molecule has 5 nitrogen and oxygen atoms in total. The van der Waals surface area contributed by atoms with Crippen LogP contribution in [0.1, 0.15) is 38.3 Å². The molecule has 5 heteroatoms. The van der Waals surface area contributed by atoms with Crippen LogP contribution in [0.5, 0.6) is 0 Å². The Kier molecular flexibility index (Phi) is 6.81. The normalized spacial score (nSPS) is 21.6. The molecule has 2 rings (SSSR count). The van der Waals surface area contributed by atoms with Gasteiger partial charge in [0, 0.05) is 18.8 Å². The summed E-state index contributed by atoms with van der Waals surface area (Å²) in [7, 11) is 1.84. The fraction of sp³-hybridized carbons (Fsp3) is 0.619. The first-order valence-electron chi connectivity index (χ1n) is 9.54. The molecule has 3 atom stereocenters. The topological polar surface area (TPSA) is 52.7 Å². The van der Waals surface area contributed by atoms with Crippen LogP contribution in [0, 0.1) is 25.7 Å². The smallest absolute Gasteiger partial charge is 0.239 e. The maximum atomic E-state index is 12.8. The minimum Gasteiger partial charge on any atom is -0.341 e. The van der Waals surface area contributed by atoms with Gasteiger partial charge in [-0.3, -0.25) is 14.5 Å². The van der Waals surface area contributed by atoms with E-state index in [9.17, 15) is 9.59 Å². The van der Waals surface area contributed by atoms with Crippen LogP contribution in [0.15, 0.2) is 18.2 Å². The molecule has 1 N–H and O–H groups in total. The van der Waals surface area contributed by atoms with Gasteiger partial charge in [-0.25, -0.2) is 0 Å². The van der Waals surface area contributed by atoms with Gasteiger partial charge in [-0.1, -0.05) is 26.0 Å². The standard InChI is InChI=1S/C21H33N3O2/c1-14-10-15(2)12-24(11-14)21(26)18(5)23(6)13-20(25)22-19-9-7-8-16(3)17(19)4/h7-9,14-15,18H,10-13H2,1-6H3,(H,22,25). The molecule has 144 valence electrons. The fourth-order valence-corrected chi connectivity index (χ4v) is 3.74. The number of carbonyl (C=O) groups is 2. The van der Waals surface area contributed by atoms with Crippen molar-refractivity contribution in [2.24, 2.45) is 11.8 Å². The molecular weight excluding hydrogens is 326 g/mol. The molecule has 1 aromatic rings. The van der Waals surface area contributed by atoms with Crippen LogP contribution in [0.4, 0.5) is 5.69 Å². The summed E-state index contributed by atoms with van der Waals surface area (Å²) < 4.78 is 0. The van der Waals surface area contributed by atoms with E-state index in [-0.39, 0.29) is 24.4 Å². The van der Waals surface area contributed by atoms with Crippen molar-refractivity contribution in [1.82, 2.24) is 9.80 Å². The van der Waals surface area contributed by atoms with Gasteiger partial charge in [0.05, 0.1) is 12.6 Å². The molecule has 26 heavy (non-hydrogen) atoms. The Hall–Kier alpha value is -1.88. The van der Waals surface area contributed by atoms with E-state index in [0.29, 0.717) is 11.8 Å². The molecule has 0 saturated carbocycles. The average molecular weight is 360 g/mol. The van der Waals surface area contributed by atoms with Gasteiger partial charge >= 0.3 is 0 Å². The number of likely N-dealkylation sites (tertiary alicyclic amines) is 1. The molecule has 1 aliphatic heterocycles. The molecule has 1 aliphatic rings. The lowest BCUT2D eigenvalue weighted by molar-refractivity contribution is -0.139. The number of benzene rings is 1. The average Bonchev–Trinajstić information content (AvgIpc) is 2.56. The van der Waals surface area contributed by atoms with E-state index in [1.54, 1.807) is 0 Å². The highest BCUT2D eigenvalue weighted by Gasteiger charge is 2.30. The van der Waals surface area contributed by atoms with E-state index < -0.39 is 0 Å². The Balaban J connectivity index is 1.93. The molecule has 2 amide bonds. The molecule has 1 heterocycles. The molecule has 3 unspecified atom stereocenters. The van der Waals surface area contributed by atoms with Gasteiger partial charge in [-0.05, 0) is 63.3 Å². The molecule has 1 saturated heterocycles. The molecule has 0 spiro atoms. The Morgan fingerprint density at radius 1 is 1.23 bits per heavy atom. The third kappa shape index (κ3) is 5.07. The quantitative estimate of drug-likeness (QED) is 0.879. The number of piperidine rings is 1. The van der Waals surface area contributed by atoms with E-state index in [4.69, 9.17) is 0 Å². The van der Waals surface area contributed by atoms with Gasteiger partial charge in [0.25, 0.3) is 0 Å². The van der Waals surface area contributed by atoms with E-state index >= 15 is 0 Å². The number of nitrogens with one attached hydrogen (secondary N) is 1. The summed E-state index contributed by atoms with van der Waals surface area (Å²) in [5, 5.41) is 2.96. The first-order valence-corrected chi connectivity index (χ1v) is 9.54. The van der Waals surface area contributed by atoms with Crippen molar-refractivity contribution >= 4 is 17.5 Å². The van der Waals surface area contributed by atoms with Crippen molar-refractivity contribution in [2.45, 2.75) is 47.1 Å². The van der Waals surface area contributed by atoms with Gasteiger partial charge in [0.2, 0.25) is 11.8 Å². The monoisotopic (exact) mass is 359 g/mol. The zero-order valence-electron chi connectivity index (χ0n) is 17.0. The van der Waals surface area contributed by atoms with E-state index in [1.165, 1.54) is 6.42 Å². The van der Waals surface area contributed by atoms with Crippen LogP contribution < -0.4 is 5.32 Å². The van der Waals surface area contributed by atoms with Gasteiger partial charge in [-0.2, -0.15) is 0 Å². The van der Waals surface area contributed by atoms with E-state index in [0.717, 1.165) is 29.9 Å². The highest BCUT2D eigenvalue weighted by Crippen LogP contribution is 2.22. The third-order valence-electron chi connectivity index (χ3n) is 5.47. The zero-order chi connectivity index (χ0) is 19.4. The summed E-state index contributed by atoms with van der Waals surface area (Å²) in [6.07, 6.45) is 1.17. The fourth-order valence-electron chi connectivity index (χ4n) is 3.74. The summed E-state index contributed by atoms with van der Waals surface area (Å²) in [5.74, 6) is 1.09. The SMILES string of the molecule is Cc1cccc(NC(=O)CN(C)C(C)C(=O)N2CC(C)CC(C)C2)c1C. The Bertz CT molecular complexity index is 649. The molecular formula is C21H33N3O2. The molecule has 0 aromatic heterocycles. The molecule has 1 fully saturated rings. The first-order chi connectivity index (χ1) is 12.2. The maximum absolute atomic E-state index is 12.8. The minimum absolute atomic E-state index is 0.0961. The third-order valence-corrected chi connectivity index (χ3v) is 5.47. The number of aryl methyl sites for hydroxylation is 1. The second-order valence-corrected chi connectivity index (χ2v) is 8.08. The lowest BCUT2D eigenvalue weighted by atomic mass is 9.91. The van der Waals surface area contributed by atoms with Crippen LogP contribution >= 0.6 is 0 Å². The van der Waals surface area contributed by atoms with Crippen molar-refractivity contribution < 1.29 is 9.59 Å². The number of carbonyl (C=O) groups excluding carboxylic acids is 2. The second kappa shape index (κ2) is 8.67. The number of nitrogens with zero attached hydrogens (tertiary/aromatic N) is 2. The number of hydrogen-bond acceptors (Lipinski definition) is 3. The van der Waals surface area contributed by atoms with Crippen molar-refractivity contribution in [3.8, 4) is 0 Å². The molecule has 0 bridgehead atoms. The Labute approximate surface area is 157 Å². The van der Waals surface area contributed by atoms with E-state index in [1.807, 2.05) is 55.8 Å². The van der Waals surface area contributed by atoms with Gasteiger partial charge < -0.3 is 10.2 Å². The van der Waals surface area contributed by atoms with Crippen molar-refractivity contribution in [3.63, 3.8) is 0 Å². The molecule has 0 radical (unpaired) electrons. The largest absolute Gasteiger partial charge is 0.341 e. The number of likely N-dealkylation sites (N-methyl/N-ethyl adjacent to an activating group) is 1. The van der Waals surface area contributed by atoms with Crippen molar-refractivity contribution in [2.75, 3.05) is 32.0 Å². The summed E-state index contributed by atoms with van der Waals surface area (Å²) in [6.45, 7) is 12.1. The van der Waals surface area contributed by atoms with Crippen LogP contribution in [-0.2, 0) is 9.59 Å². The summed E-state index contributed by atoms with van der Waals surface area (Å²) >= 11 is 0. The summed E-state index contributed by atoms with van der Waals surface area (Å²) in [6, 6.07) is 5.56. The van der Waals surface area contributed by atoms with Gasteiger partial charge in [-0.15, -0.1) is 0 Å². The molecule has 1 aromatic carbocycles. The highest BCUT2D eigenvalue weighted by atomic mass is 16.2. The predicted octanol–water partition coefficient (Wildman–Crippen LogP) is 3.07. The predicted molar refractivity (Wildman–Crippen MR) is 106 cm³/mol. The lowest BCUT2D eigenvalue weighted by Gasteiger charge is -2.38. The van der Waals surface area contributed by atoms with Crippen LogP contribution in [0.2, 0.25) is 0 Å². The number of hydrogen-bond donors (Lipinski definition) is 1. The second-order valence-electron chi connectivity index (χ2n) is 8.08. The number of anilines is 1. The van der Waals surface area contributed by atoms with Crippen LogP contribution in [0.25, 0.3) is 0 Å². The molecule has 0 aliphatic carbocycles.